The summed E-state index contributed by atoms with van der Waals surface area (Å²) in [7, 11) is 1.29. The molecule has 4 rings (SSSR count). The predicted molar refractivity (Wildman–Crippen MR) is 111 cm³/mol. The number of anilines is 1. The highest BCUT2D eigenvalue weighted by Crippen LogP contribution is 2.47. The van der Waals surface area contributed by atoms with E-state index < -0.39 is 28.3 Å². The van der Waals surface area contributed by atoms with E-state index in [1.807, 2.05) is 38.1 Å². The van der Waals surface area contributed by atoms with Crippen LogP contribution in [0.25, 0.3) is 0 Å². The lowest BCUT2D eigenvalue weighted by atomic mass is 9.68. The molecule has 1 fully saturated rings. The minimum atomic E-state index is -0.787. The van der Waals surface area contributed by atoms with E-state index in [0.29, 0.717) is 24.1 Å². The molecule has 1 N–H and O–H groups in total. The van der Waals surface area contributed by atoms with E-state index in [1.165, 1.54) is 19.2 Å². The van der Waals surface area contributed by atoms with E-state index in [-0.39, 0.29) is 16.9 Å². The topological polar surface area (TPSA) is 117 Å². The zero-order valence-corrected chi connectivity index (χ0v) is 17.0. The molecule has 2 aromatic rings. The number of carbonyl (C=O) groups is 1. The fraction of sp³-hybridized carbons (Fsp3) is 0.364. The molecule has 2 aliphatic rings. The lowest BCUT2D eigenvalue weighted by molar-refractivity contribution is -0.398. The van der Waals surface area contributed by atoms with Crippen molar-refractivity contribution >= 4 is 28.6 Å². The summed E-state index contributed by atoms with van der Waals surface area (Å²) >= 11 is 0. The molecule has 1 saturated carbocycles. The number of methoxy groups -OCH3 is 1. The van der Waals surface area contributed by atoms with Gasteiger partial charge in [-0.1, -0.05) is 26.0 Å². The van der Waals surface area contributed by atoms with Gasteiger partial charge in [0, 0.05) is 23.9 Å². The van der Waals surface area contributed by atoms with Crippen molar-refractivity contribution in [1.82, 2.24) is 0 Å². The van der Waals surface area contributed by atoms with Gasteiger partial charge >= 0.3 is 0 Å². The van der Waals surface area contributed by atoms with Gasteiger partial charge in [0.1, 0.15) is 11.5 Å². The molecule has 0 radical (unpaired) electrons. The molecule has 2 aromatic carbocycles. The molecule has 0 spiro atoms. The molecule has 0 bridgehead atoms. The summed E-state index contributed by atoms with van der Waals surface area (Å²) in [5, 5.41) is 27.1. The Labute approximate surface area is 173 Å². The van der Waals surface area contributed by atoms with Crippen molar-refractivity contribution in [2.24, 2.45) is 16.3 Å². The standard InChI is InChI=1S/C22H23N3O5/c1-22(2)10-15-19(17(26)11-22)20(24-14-7-5-4-6-13(14)23-15)12-8-16(25(28)29)21(27)18(9-12)30-3/h4-9,19-20,24,27H,10-11H2,1-3H3/p-1/t19?,20-/m1/s1. The number of ether oxygens (including phenoxy) is 1. The highest BCUT2D eigenvalue weighted by atomic mass is 16.6. The number of fused-ring (bicyclic) bond motifs is 2. The maximum atomic E-state index is 13.2. The summed E-state index contributed by atoms with van der Waals surface area (Å²) in [5.74, 6) is -1.48. The van der Waals surface area contributed by atoms with Crippen molar-refractivity contribution in [3.63, 3.8) is 0 Å². The number of para-hydroxylation sites is 2. The van der Waals surface area contributed by atoms with E-state index >= 15 is 0 Å². The number of ketones is 1. The van der Waals surface area contributed by atoms with E-state index in [4.69, 9.17) is 9.73 Å². The molecule has 8 heteroatoms. The van der Waals surface area contributed by atoms with Crippen molar-refractivity contribution in [2.45, 2.75) is 32.7 Å². The van der Waals surface area contributed by atoms with E-state index in [2.05, 4.69) is 5.32 Å². The lowest BCUT2D eigenvalue weighted by Crippen LogP contribution is -2.42. The Morgan fingerprint density at radius 2 is 1.97 bits per heavy atom. The Bertz CT molecular complexity index is 1080. The summed E-state index contributed by atoms with van der Waals surface area (Å²) in [6, 6.07) is 9.55. The van der Waals surface area contributed by atoms with Crippen molar-refractivity contribution in [2.75, 3.05) is 12.4 Å². The number of aliphatic imine (C=N–C) groups is 1. The molecular weight excluding hydrogens is 386 g/mol. The fourth-order valence-electron chi connectivity index (χ4n) is 4.37. The Morgan fingerprint density at radius 3 is 2.67 bits per heavy atom. The Morgan fingerprint density at radius 1 is 1.23 bits per heavy atom. The highest BCUT2D eigenvalue weighted by molar-refractivity contribution is 6.10. The van der Waals surface area contributed by atoms with Crippen LogP contribution in [0.2, 0.25) is 0 Å². The van der Waals surface area contributed by atoms with Gasteiger partial charge in [-0.2, -0.15) is 0 Å². The molecule has 8 nitrogen and oxygen atoms in total. The minimum absolute atomic E-state index is 0.0168. The van der Waals surface area contributed by atoms with Crippen LogP contribution in [0.15, 0.2) is 41.4 Å². The summed E-state index contributed by atoms with van der Waals surface area (Å²) in [6.07, 6.45) is 1.01. The van der Waals surface area contributed by atoms with Crippen LogP contribution in [0.4, 0.5) is 17.1 Å². The van der Waals surface area contributed by atoms with Crippen LogP contribution in [0.1, 0.15) is 38.3 Å². The first-order valence-corrected chi connectivity index (χ1v) is 9.69. The van der Waals surface area contributed by atoms with Crippen LogP contribution >= 0.6 is 0 Å². The molecule has 1 aliphatic carbocycles. The van der Waals surface area contributed by atoms with Gasteiger partial charge < -0.3 is 15.2 Å². The number of nitrogens with one attached hydrogen (secondary N) is 1. The van der Waals surface area contributed by atoms with Crippen LogP contribution in [0.3, 0.4) is 0 Å². The largest absolute Gasteiger partial charge is 0.865 e. The van der Waals surface area contributed by atoms with Crippen molar-refractivity contribution in [3.05, 3.63) is 52.1 Å². The summed E-state index contributed by atoms with van der Waals surface area (Å²) in [5.41, 5.74) is 1.83. The zero-order chi connectivity index (χ0) is 21.6. The zero-order valence-electron chi connectivity index (χ0n) is 17.0. The third-order valence-corrected chi connectivity index (χ3v) is 5.66. The van der Waals surface area contributed by atoms with Gasteiger partial charge in [-0.05, 0) is 35.6 Å². The SMILES string of the molecule is COc1cc([C@H]2Nc3ccccc3N=C3CC(C)(C)CC(=O)C32)cc([N+](=O)[O-])c1[O-]. The van der Waals surface area contributed by atoms with E-state index in [0.717, 1.165) is 11.4 Å². The number of Topliss-reactive ketones (excluding diaryl/α,β-unsaturated/α-hetero) is 1. The van der Waals surface area contributed by atoms with Crippen LogP contribution in [-0.4, -0.2) is 23.5 Å². The van der Waals surface area contributed by atoms with Gasteiger partial charge in [-0.25, -0.2) is 0 Å². The molecule has 30 heavy (non-hydrogen) atoms. The number of hydrogen-bond acceptors (Lipinski definition) is 7. The molecule has 1 heterocycles. The normalized spacial score (nSPS) is 22.1. The quantitative estimate of drug-likeness (QED) is 0.608. The van der Waals surface area contributed by atoms with Crippen LogP contribution in [0.5, 0.6) is 11.5 Å². The van der Waals surface area contributed by atoms with Gasteiger partial charge in [0.25, 0.3) is 5.69 Å². The third-order valence-electron chi connectivity index (χ3n) is 5.66. The second-order valence-corrected chi connectivity index (χ2v) is 8.53. The van der Waals surface area contributed by atoms with Gasteiger partial charge in [-0.3, -0.25) is 19.9 Å². The summed E-state index contributed by atoms with van der Waals surface area (Å²) < 4.78 is 5.10. The first-order valence-electron chi connectivity index (χ1n) is 9.69. The Kier molecular flexibility index (Phi) is 4.72. The van der Waals surface area contributed by atoms with Crippen LogP contribution in [-0.2, 0) is 4.79 Å². The Balaban J connectivity index is 1.91. The highest BCUT2D eigenvalue weighted by Gasteiger charge is 2.44. The van der Waals surface area contributed by atoms with Gasteiger partial charge in [0.2, 0.25) is 0 Å². The average Bonchev–Trinajstić information content (AvgIpc) is 2.83. The van der Waals surface area contributed by atoms with Gasteiger partial charge in [0.05, 0.1) is 35.4 Å². The number of carbonyl (C=O) groups excluding carboxylic acids is 1. The first-order chi connectivity index (χ1) is 14.2. The number of nitro groups is 1. The first kappa shape index (κ1) is 19.9. The molecule has 0 saturated heterocycles. The maximum Gasteiger partial charge on any atom is 0.265 e. The number of rotatable bonds is 3. The van der Waals surface area contributed by atoms with Crippen LogP contribution < -0.4 is 15.2 Å². The molecule has 1 unspecified atom stereocenters. The number of benzene rings is 2. The van der Waals surface area contributed by atoms with E-state index in [1.54, 1.807) is 0 Å². The van der Waals surface area contributed by atoms with Gasteiger partial charge in [0.15, 0.2) is 0 Å². The molecule has 0 amide bonds. The average molecular weight is 408 g/mol. The molecule has 1 aliphatic heterocycles. The smallest absolute Gasteiger partial charge is 0.265 e. The second kappa shape index (κ2) is 7.12. The molecule has 156 valence electrons. The number of nitro benzene ring substituents is 1. The monoisotopic (exact) mass is 408 g/mol. The molecule has 2 atom stereocenters. The summed E-state index contributed by atoms with van der Waals surface area (Å²) in [4.78, 5) is 28.8. The molecular formula is C22H22N3O5-. The number of nitrogens with zero attached hydrogens (tertiary/aromatic N) is 2. The summed E-state index contributed by atoms with van der Waals surface area (Å²) in [6.45, 7) is 4.06. The Hall–Kier alpha value is -3.42. The minimum Gasteiger partial charge on any atom is -0.865 e. The second-order valence-electron chi connectivity index (χ2n) is 8.53. The van der Waals surface area contributed by atoms with Crippen LogP contribution in [0, 0.1) is 21.4 Å². The third kappa shape index (κ3) is 3.38. The number of hydrogen-bond donors (Lipinski definition) is 1. The van der Waals surface area contributed by atoms with Crippen molar-refractivity contribution in [3.8, 4) is 11.5 Å². The van der Waals surface area contributed by atoms with E-state index in [9.17, 15) is 20.0 Å². The van der Waals surface area contributed by atoms with Gasteiger partial charge in [-0.15, -0.1) is 0 Å². The predicted octanol–water partition coefficient (Wildman–Crippen LogP) is 3.92. The fourth-order valence-corrected chi connectivity index (χ4v) is 4.37. The molecule has 0 aromatic heterocycles. The lowest BCUT2D eigenvalue weighted by Gasteiger charge is -2.37. The van der Waals surface area contributed by atoms with Crippen molar-refractivity contribution < 1.29 is 19.6 Å². The van der Waals surface area contributed by atoms with Crippen molar-refractivity contribution in [1.29, 1.82) is 0 Å². The maximum absolute atomic E-state index is 13.2.